The van der Waals surface area contributed by atoms with E-state index in [1.165, 1.54) is 13.8 Å². The van der Waals surface area contributed by atoms with Crippen LogP contribution in [0.5, 0.6) is 0 Å². The predicted molar refractivity (Wildman–Crippen MR) is 49.8 cm³/mol. The predicted octanol–water partition coefficient (Wildman–Crippen LogP) is 0.552. The molecule has 0 saturated carbocycles. The highest BCUT2D eigenvalue weighted by molar-refractivity contribution is 5.83. The molecule has 5 nitrogen and oxygen atoms in total. The highest BCUT2D eigenvalue weighted by Gasteiger charge is 2.69. The van der Waals surface area contributed by atoms with Gasteiger partial charge >= 0.3 is 0 Å². The number of fused-ring (bicyclic) bond motifs is 1. The van der Waals surface area contributed by atoms with Crippen molar-refractivity contribution in [3.05, 3.63) is 0 Å². The van der Waals surface area contributed by atoms with Crippen molar-refractivity contribution in [3.8, 4) is 0 Å². The number of aliphatic hydroxyl groups is 1. The minimum absolute atomic E-state index is 0.156. The zero-order chi connectivity index (χ0) is 11.5. The van der Waals surface area contributed by atoms with Gasteiger partial charge in [-0.15, -0.1) is 0 Å². The fraction of sp³-hybridized carbons (Fsp3) is 0.900. The summed E-state index contributed by atoms with van der Waals surface area (Å²) >= 11 is 0. The van der Waals surface area contributed by atoms with Crippen molar-refractivity contribution >= 4 is 5.78 Å². The van der Waals surface area contributed by atoms with E-state index in [0.717, 1.165) is 0 Å². The average molecular weight is 216 g/mol. The maximum atomic E-state index is 11.3. The number of carbonyl (C=O) groups is 1. The largest absolute Gasteiger partial charge is 0.361 e. The summed E-state index contributed by atoms with van der Waals surface area (Å²) in [7, 11) is 0. The summed E-state index contributed by atoms with van der Waals surface area (Å²) in [4.78, 5) is 11.3. The van der Waals surface area contributed by atoms with Gasteiger partial charge in [0.2, 0.25) is 17.4 Å². The first-order valence-electron chi connectivity index (χ1n) is 5.02. The van der Waals surface area contributed by atoms with Gasteiger partial charge in [-0.1, -0.05) is 0 Å². The molecule has 5 heteroatoms. The molecule has 0 aromatic rings. The van der Waals surface area contributed by atoms with E-state index in [1.807, 2.05) is 6.92 Å². The van der Waals surface area contributed by atoms with Gasteiger partial charge in [-0.2, -0.15) is 0 Å². The Kier molecular flexibility index (Phi) is 2.05. The lowest BCUT2D eigenvalue weighted by molar-refractivity contribution is -0.260. The summed E-state index contributed by atoms with van der Waals surface area (Å²) in [5.74, 6) is -4.49. The van der Waals surface area contributed by atoms with Gasteiger partial charge in [0.05, 0.1) is 6.10 Å². The standard InChI is InChI=1S/C10H16O5/c1-6-5-10(12)9(4,13-6)14-8(3,15-10)7(2)11/h6,12H,5H2,1-4H3/t6-,8-,9+,10+/m0/s1. The monoisotopic (exact) mass is 216 g/mol. The molecule has 15 heavy (non-hydrogen) atoms. The molecule has 0 bridgehead atoms. The van der Waals surface area contributed by atoms with Crippen molar-refractivity contribution in [2.24, 2.45) is 0 Å². The molecule has 4 atom stereocenters. The summed E-state index contributed by atoms with van der Waals surface area (Å²) in [6.07, 6.45) is 0.142. The van der Waals surface area contributed by atoms with Crippen LogP contribution >= 0.6 is 0 Å². The van der Waals surface area contributed by atoms with Crippen LogP contribution in [0, 0.1) is 0 Å². The third-order valence-electron chi connectivity index (χ3n) is 3.09. The molecule has 0 aromatic heterocycles. The lowest BCUT2D eigenvalue weighted by Crippen LogP contribution is -2.45. The summed E-state index contributed by atoms with van der Waals surface area (Å²) in [5, 5.41) is 10.2. The minimum Gasteiger partial charge on any atom is -0.361 e. The molecule has 0 unspecified atom stereocenters. The van der Waals surface area contributed by atoms with Crippen LogP contribution in [0.4, 0.5) is 0 Å². The number of ether oxygens (including phenoxy) is 3. The van der Waals surface area contributed by atoms with E-state index in [0.29, 0.717) is 6.42 Å². The van der Waals surface area contributed by atoms with E-state index in [4.69, 9.17) is 14.2 Å². The molecule has 2 saturated heterocycles. The molecule has 0 radical (unpaired) electrons. The second-order valence-corrected chi connectivity index (χ2v) is 4.57. The third-order valence-corrected chi connectivity index (χ3v) is 3.09. The summed E-state index contributed by atoms with van der Waals surface area (Å²) in [6, 6.07) is 0. The van der Waals surface area contributed by atoms with E-state index in [1.54, 1.807) is 6.92 Å². The van der Waals surface area contributed by atoms with E-state index in [9.17, 15) is 9.90 Å². The Morgan fingerprint density at radius 1 is 1.40 bits per heavy atom. The molecular weight excluding hydrogens is 200 g/mol. The number of Topliss-reactive ketones (excluding diaryl/α,β-unsaturated/α-hetero) is 1. The van der Waals surface area contributed by atoms with Crippen molar-refractivity contribution in [2.75, 3.05) is 0 Å². The number of ketones is 1. The molecule has 2 heterocycles. The lowest BCUT2D eigenvalue weighted by atomic mass is 10.1. The van der Waals surface area contributed by atoms with Gasteiger partial charge in [0.25, 0.3) is 0 Å². The normalized spacial score (nSPS) is 54.3. The van der Waals surface area contributed by atoms with Crippen LogP contribution in [0.15, 0.2) is 0 Å². The summed E-state index contributed by atoms with van der Waals surface area (Å²) in [5.41, 5.74) is 0. The number of rotatable bonds is 1. The molecular formula is C10H16O5. The van der Waals surface area contributed by atoms with E-state index < -0.39 is 17.4 Å². The van der Waals surface area contributed by atoms with Crippen LogP contribution < -0.4 is 0 Å². The van der Waals surface area contributed by atoms with Crippen LogP contribution in [0.3, 0.4) is 0 Å². The Morgan fingerprint density at radius 3 is 2.47 bits per heavy atom. The Hall–Kier alpha value is -0.490. The SMILES string of the molecule is CC(=O)[C@@]1(C)O[C@@]2(C)O[C@@H](C)C[C@@]2(O)O1. The van der Waals surface area contributed by atoms with Gasteiger partial charge in [-0.3, -0.25) is 4.79 Å². The summed E-state index contributed by atoms with van der Waals surface area (Å²) in [6.45, 7) is 6.26. The Labute approximate surface area is 88.3 Å². The quantitative estimate of drug-likeness (QED) is 0.693. The topological polar surface area (TPSA) is 65.0 Å². The second-order valence-electron chi connectivity index (χ2n) is 4.57. The van der Waals surface area contributed by atoms with Crippen LogP contribution in [0.2, 0.25) is 0 Å². The van der Waals surface area contributed by atoms with Crippen molar-refractivity contribution in [1.29, 1.82) is 0 Å². The van der Waals surface area contributed by atoms with Crippen molar-refractivity contribution < 1.29 is 24.1 Å². The minimum atomic E-state index is -1.53. The van der Waals surface area contributed by atoms with E-state index in [-0.39, 0.29) is 11.9 Å². The second kappa shape index (κ2) is 2.79. The molecule has 1 N–H and O–H groups in total. The van der Waals surface area contributed by atoms with Crippen LogP contribution in [0.1, 0.15) is 34.1 Å². The number of hydrogen-bond donors (Lipinski definition) is 1. The molecule has 0 spiro atoms. The molecule has 0 aliphatic carbocycles. The molecule has 0 amide bonds. The number of hydrogen-bond acceptors (Lipinski definition) is 5. The molecule has 2 aliphatic heterocycles. The fourth-order valence-corrected chi connectivity index (χ4v) is 2.19. The number of carbonyl (C=O) groups excluding carboxylic acids is 1. The molecule has 2 fully saturated rings. The first kappa shape index (κ1) is 11.0. The van der Waals surface area contributed by atoms with Gasteiger partial charge in [0, 0.05) is 13.3 Å². The Morgan fingerprint density at radius 2 is 2.00 bits per heavy atom. The maximum absolute atomic E-state index is 11.3. The van der Waals surface area contributed by atoms with Gasteiger partial charge in [0.15, 0.2) is 5.78 Å². The Bertz CT molecular complexity index is 295. The van der Waals surface area contributed by atoms with Gasteiger partial charge in [0.1, 0.15) is 0 Å². The van der Waals surface area contributed by atoms with Crippen molar-refractivity contribution in [3.63, 3.8) is 0 Å². The van der Waals surface area contributed by atoms with Crippen LogP contribution in [0.25, 0.3) is 0 Å². The zero-order valence-corrected chi connectivity index (χ0v) is 9.36. The maximum Gasteiger partial charge on any atom is 0.231 e. The smallest absolute Gasteiger partial charge is 0.231 e. The van der Waals surface area contributed by atoms with Gasteiger partial charge < -0.3 is 19.3 Å². The van der Waals surface area contributed by atoms with Crippen molar-refractivity contribution in [2.45, 2.75) is 57.6 Å². The van der Waals surface area contributed by atoms with Crippen molar-refractivity contribution in [1.82, 2.24) is 0 Å². The molecule has 86 valence electrons. The van der Waals surface area contributed by atoms with Crippen LogP contribution in [-0.2, 0) is 19.0 Å². The first-order valence-corrected chi connectivity index (χ1v) is 5.02. The zero-order valence-electron chi connectivity index (χ0n) is 9.36. The fourth-order valence-electron chi connectivity index (χ4n) is 2.19. The lowest BCUT2D eigenvalue weighted by Gasteiger charge is -2.26. The first-order chi connectivity index (χ1) is 6.71. The Balaban J connectivity index is 2.32. The van der Waals surface area contributed by atoms with Gasteiger partial charge in [-0.05, 0) is 20.8 Å². The van der Waals surface area contributed by atoms with Crippen LogP contribution in [-0.4, -0.2) is 34.4 Å². The molecule has 2 rings (SSSR count). The average Bonchev–Trinajstić information content (AvgIpc) is 2.29. The molecule has 0 aromatic carbocycles. The highest BCUT2D eigenvalue weighted by atomic mass is 16.9. The third kappa shape index (κ3) is 1.34. The van der Waals surface area contributed by atoms with Gasteiger partial charge in [-0.25, -0.2) is 0 Å². The highest BCUT2D eigenvalue weighted by Crippen LogP contribution is 2.51. The molecule has 2 aliphatic rings. The van der Waals surface area contributed by atoms with E-state index in [2.05, 4.69) is 0 Å². The van der Waals surface area contributed by atoms with E-state index >= 15 is 0 Å². The summed E-state index contributed by atoms with van der Waals surface area (Å²) < 4.78 is 16.3.